The van der Waals surface area contributed by atoms with E-state index in [9.17, 15) is 4.79 Å². The van der Waals surface area contributed by atoms with Crippen LogP contribution in [0.3, 0.4) is 0 Å². The minimum atomic E-state index is 0. The van der Waals surface area contributed by atoms with Gasteiger partial charge in [0, 0.05) is 61.8 Å². The number of benzene rings is 1. The Hall–Kier alpha value is -1.31. The second-order valence-electron chi connectivity index (χ2n) is 9.42. The Morgan fingerprint density at radius 1 is 1.25 bits per heavy atom. The Balaban J connectivity index is 0.00000144. The zero-order chi connectivity index (χ0) is 20.9. The van der Waals surface area contributed by atoms with Crippen LogP contribution in [-0.4, -0.2) is 59.5 Å². The number of halogens is 3. The van der Waals surface area contributed by atoms with E-state index in [2.05, 4.69) is 22.0 Å². The molecule has 1 aliphatic carbocycles. The van der Waals surface area contributed by atoms with Crippen LogP contribution in [0.5, 0.6) is 0 Å². The first kappa shape index (κ1) is 25.3. The monoisotopic (exact) mass is 500 g/mol. The van der Waals surface area contributed by atoms with E-state index >= 15 is 0 Å². The highest BCUT2D eigenvalue weighted by molar-refractivity contribution is 6.30. The highest BCUT2D eigenvalue weighted by Crippen LogP contribution is 2.52. The Labute approximate surface area is 206 Å². The molecular weight excluding hydrogens is 471 g/mol. The molecule has 3 fully saturated rings. The first-order valence-electron chi connectivity index (χ1n) is 10.9. The molecule has 1 amide bonds. The van der Waals surface area contributed by atoms with Gasteiger partial charge < -0.3 is 14.6 Å². The van der Waals surface area contributed by atoms with E-state index in [4.69, 9.17) is 21.0 Å². The summed E-state index contributed by atoms with van der Waals surface area (Å²) >= 11 is 5.97. The van der Waals surface area contributed by atoms with Crippen molar-refractivity contribution in [1.82, 2.24) is 20.1 Å². The second kappa shape index (κ2) is 9.90. The number of amides is 1. The summed E-state index contributed by atoms with van der Waals surface area (Å²) in [6.07, 6.45) is 2.07. The Kier molecular flexibility index (Phi) is 7.83. The van der Waals surface area contributed by atoms with Crippen molar-refractivity contribution in [2.45, 2.75) is 39.3 Å². The smallest absolute Gasteiger partial charge is 0.226 e. The van der Waals surface area contributed by atoms with Gasteiger partial charge in [-0.3, -0.25) is 9.69 Å². The van der Waals surface area contributed by atoms with Crippen LogP contribution in [0, 0.1) is 18.3 Å². The zero-order valence-electron chi connectivity index (χ0n) is 18.5. The summed E-state index contributed by atoms with van der Waals surface area (Å²) in [7, 11) is 0. The molecule has 5 rings (SSSR count). The summed E-state index contributed by atoms with van der Waals surface area (Å²) in [5.74, 6) is 2.11. The van der Waals surface area contributed by atoms with Crippen molar-refractivity contribution in [3.05, 3.63) is 40.7 Å². The summed E-state index contributed by atoms with van der Waals surface area (Å²) in [5, 5.41) is 4.11. The zero-order valence-corrected chi connectivity index (χ0v) is 20.9. The maximum absolute atomic E-state index is 12.8. The van der Waals surface area contributed by atoms with Crippen LogP contribution in [0.2, 0.25) is 5.02 Å². The van der Waals surface area contributed by atoms with E-state index in [0.29, 0.717) is 28.3 Å². The molecule has 0 radical (unpaired) electrons. The SMILES string of the molecule is Cc1oc(-c2ccc(Cl)cc2)nc1CN1CC2(CC(C(=O)N3CCN[C@H](C)C3)C2)C1.Cl.Cl. The van der Waals surface area contributed by atoms with Gasteiger partial charge in [-0.25, -0.2) is 4.98 Å². The Morgan fingerprint density at radius 3 is 2.59 bits per heavy atom. The number of piperazine rings is 1. The van der Waals surface area contributed by atoms with Crippen molar-refractivity contribution in [3.63, 3.8) is 0 Å². The fraction of sp³-hybridized carbons (Fsp3) is 0.565. The molecule has 9 heteroatoms. The predicted molar refractivity (Wildman–Crippen MR) is 131 cm³/mol. The lowest BCUT2D eigenvalue weighted by Crippen LogP contribution is -2.64. The van der Waals surface area contributed by atoms with Gasteiger partial charge in [0.15, 0.2) is 0 Å². The molecule has 3 aliphatic rings. The van der Waals surface area contributed by atoms with Crippen LogP contribution in [0.15, 0.2) is 28.7 Å². The van der Waals surface area contributed by atoms with E-state index in [0.717, 1.165) is 69.1 Å². The van der Waals surface area contributed by atoms with Crippen molar-refractivity contribution >= 4 is 42.3 Å². The van der Waals surface area contributed by atoms with Crippen molar-refractivity contribution in [3.8, 4) is 11.5 Å². The molecule has 0 unspecified atom stereocenters. The minimum absolute atomic E-state index is 0. The number of carbonyl (C=O) groups excluding carboxylic acids is 1. The van der Waals surface area contributed by atoms with Gasteiger partial charge in [0.05, 0.1) is 5.69 Å². The van der Waals surface area contributed by atoms with Gasteiger partial charge in [0.1, 0.15) is 5.76 Å². The van der Waals surface area contributed by atoms with Gasteiger partial charge in [-0.05, 0) is 56.4 Å². The number of nitrogens with zero attached hydrogens (tertiary/aromatic N) is 3. The van der Waals surface area contributed by atoms with Crippen molar-refractivity contribution in [2.75, 3.05) is 32.7 Å². The largest absolute Gasteiger partial charge is 0.441 e. The standard InChI is InChI=1S/C23H29ClN4O2.2ClH/c1-15-11-28(8-7-25-15)22(29)18-9-23(10-18)13-27(14-23)12-20-16(2)30-21(26-20)17-3-5-19(24)6-4-17;;/h3-6,15,18,25H,7-14H2,1-2H3;2*1H/t15-;;/m1../s1. The third-order valence-electron chi connectivity index (χ3n) is 6.86. The summed E-state index contributed by atoms with van der Waals surface area (Å²) in [6.45, 7) is 9.64. The molecule has 2 aliphatic heterocycles. The molecule has 2 saturated heterocycles. The fourth-order valence-electron chi connectivity index (χ4n) is 5.33. The lowest BCUT2D eigenvalue weighted by Gasteiger charge is -2.59. The van der Waals surface area contributed by atoms with Crippen molar-refractivity contribution < 1.29 is 9.21 Å². The van der Waals surface area contributed by atoms with Gasteiger partial charge in [-0.1, -0.05) is 11.6 Å². The van der Waals surface area contributed by atoms with Gasteiger partial charge in [0.2, 0.25) is 11.8 Å². The van der Waals surface area contributed by atoms with Gasteiger partial charge >= 0.3 is 0 Å². The van der Waals surface area contributed by atoms with Crippen LogP contribution >= 0.6 is 36.4 Å². The number of likely N-dealkylation sites (tertiary alicyclic amines) is 1. The van der Waals surface area contributed by atoms with E-state index < -0.39 is 0 Å². The van der Waals surface area contributed by atoms with Crippen LogP contribution in [0.25, 0.3) is 11.5 Å². The van der Waals surface area contributed by atoms with Crippen molar-refractivity contribution in [1.29, 1.82) is 0 Å². The third-order valence-corrected chi connectivity index (χ3v) is 7.12. The lowest BCUT2D eigenvalue weighted by molar-refractivity contribution is -0.156. The number of nitrogens with one attached hydrogen (secondary N) is 1. The highest BCUT2D eigenvalue weighted by atomic mass is 35.5. The number of hydrogen-bond donors (Lipinski definition) is 1. The fourth-order valence-corrected chi connectivity index (χ4v) is 5.45. The second-order valence-corrected chi connectivity index (χ2v) is 9.85. The normalized spacial score (nSPS) is 22.5. The molecule has 1 aromatic carbocycles. The first-order valence-corrected chi connectivity index (χ1v) is 11.3. The van der Waals surface area contributed by atoms with E-state index in [1.165, 1.54) is 0 Å². The number of rotatable bonds is 4. The maximum Gasteiger partial charge on any atom is 0.226 e. The molecule has 1 saturated carbocycles. The molecule has 1 spiro atoms. The summed E-state index contributed by atoms with van der Waals surface area (Å²) < 4.78 is 5.89. The molecule has 1 N–H and O–H groups in total. The van der Waals surface area contributed by atoms with E-state index in [1.54, 1.807) is 0 Å². The molecule has 2 aromatic rings. The molecule has 32 heavy (non-hydrogen) atoms. The van der Waals surface area contributed by atoms with Crippen LogP contribution in [0.4, 0.5) is 0 Å². The van der Waals surface area contributed by atoms with E-state index in [1.807, 2.05) is 31.2 Å². The molecule has 0 bridgehead atoms. The lowest BCUT2D eigenvalue weighted by atomic mass is 9.57. The molecular formula is C23H31Cl3N4O2. The van der Waals surface area contributed by atoms with Crippen molar-refractivity contribution in [2.24, 2.45) is 11.3 Å². The van der Waals surface area contributed by atoms with Crippen LogP contribution in [-0.2, 0) is 11.3 Å². The number of aromatic nitrogens is 1. The number of hydrogen-bond acceptors (Lipinski definition) is 5. The van der Waals surface area contributed by atoms with Crippen LogP contribution in [0.1, 0.15) is 31.2 Å². The summed E-state index contributed by atoms with van der Waals surface area (Å²) in [6, 6.07) is 7.97. The van der Waals surface area contributed by atoms with E-state index in [-0.39, 0.29) is 30.7 Å². The predicted octanol–water partition coefficient (Wildman–Crippen LogP) is 4.18. The quantitative estimate of drug-likeness (QED) is 0.681. The topological polar surface area (TPSA) is 61.6 Å². The number of carbonyl (C=O) groups is 1. The highest BCUT2D eigenvalue weighted by Gasteiger charge is 2.54. The Bertz CT molecular complexity index is 935. The van der Waals surface area contributed by atoms with Gasteiger partial charge in [-0.2, -0.15) is 0 Å². The first-order chi connectivity index (χ1) is 14.4. The van der Waals surface area contributed by atoms with Gasteiger partial charge in [-0.15, -0.1) is 24.8 Å². The van der Waals surface area contributed by atoms with Gasteiger partial charge in [0.25, 0.3) is 0 Å². The average Bonchev–Trinajstić information content (AvgIpc) is 3.03. The molecule has 1 atom stereocenters. The third kappa shape index (κ3) is 4.95. The average molecular weight is 502 g/mol. The molecule has 1 aromatic heterocycles. The maximum atomic E-state index is 12.8. The number of aryl methyl sites for hydroxylation is 1. The summed E-state index contributed by atoms with van der Waals surface area (Å²) in [4.78, 5) is 22.0. The van der Waals surface area contributed by atoms with Crippen LogP contribution < -0.4 is 5.32 Å². The molecule has 3 heterocycles. The minimum Gasteiger partial charge on any atom is -0.441 e. The Morgan fingerprint density at radius 2 is 1.94 bits per heavy atom. The number of oxazole rings is 1. The molecule has 6 nitrogen and oxygen atoms in total. The summed E-state index contributed by atoms with van der Waals surface area (Å²) in [5.41, 5.74) is 2.28. The molecule has 176 valence electrons.